The fraction of sp³-hybridized carbons (Fsp3) is 0.938. The van der Waals surface area contributed by atoms with E-state index in [-0.39, 0.29) is 5.41 Å². The molecule has 2 atom stereocenters. The molecule has 3 heteroatoms. The number of amides is 1. The van der Waals surface area contributed by atoms with Crippen LogP contribution >= 0.6 is 0 Å². The van der Waals surface area contributed by atoms with Crippen molar-refractivity contribution in [2.75, 3.05) is 13.1 Å². The second kappa shape index (κ2) is 5.82. The molecular formula is C16H30N2O. The molecule has 2 fully saturated rings. The molecule has 2 aliphatic rings. The number of nitrogens with zero attached hydrogens (tertiary/aromatic N) is 1. The van der Waals surface area contributed by atoms with Gasteiger partial charge in [0.1, 0.15) is 0 Å². The van der Waals surface area contributed by atoms with Crippen LogP contribution < -0.4 is 5.32 Å². The fourth-order valence-electron chi connectivity index (χ4n) is 3.17. The molecule has 1 aliphatic heterocycles. The van der Waals surface area contributed by atoms with Crippen LogP contribution in [0.15, 0.2) is 0 Å². The molecule has 1 aliphatic carbocycles. The molecule has 0 aromatic carbocycles. The first-order chi connectivity index (χ1) is 8.90. The number of piperidine rings is 1. The lowest BCUT2D eigenvalue weighted by Gasteiger charge is -2.41. The Balaban J connectivity index is 1.98. The van der Waals surface area contributed by atoms with Crippen LogP contribution in [0.1, 0.15) is 59.8 Å². The molecule has 1 saturated heterocycles. The maximum Gasteiger partial charge on any atom is 0.228 e. The van der Waals surface area contributed by atoms with Crippen molar-refractivity contribution >= 4 is 5.91 Å². The average molecular weight is 266 g/mol. The van der Waals surface area contributed by atoms with Crippen molar-refractivity contribution in [1.82, 2.24) is 10.2 Å². The summed E-state index contributed by atoms with van der Waals surface area (Å²) in [6, 6.07) is 1.25. The van der Waals surface area contributed by atoms with Gasteiger partial charge in [-0.1, -0.05) is 34.1 Å². The minimum absolute atomic E-state index is 0.252. The molecule has 0 radical (unpaired) electrons. The van der Waals surface area contributed by atoms with Crippen molar-refractivity contribution in [1.29, 1.82) is 0 Å². The largest absolute Gasteiger partial charge is 0.340 e. The fourth-order valence-corrected chi connectivity index (χ4v) is 3.17. The molecule has 110 valence electrons. The van der Waals surface area contributed by atoms with Gasteiger partial charge in [0.05, 0.1) is 0 Å². The predicted octanol–water partition coefficient (Wildman–Crippen LogP) is 2.80. The van der Waals surface area contributed by atoms with E-state index >= 15 is 0 Å². The van der Waals surface area contributed by atoms with E-state index in [0.717, 1.165) is 19.1 Å². The van der Waals surface area contributed by atoms with Gasteiger partial charge in [-0.05, 0) is 31.6 Å². The summed E-state index contributed by atoms with van der Waals surface area (Å²) in [7, 11) is 0. The van der Waals surface area contributed by atoms with Crippen LogP contribution in [0, 0.1) is 11.3 Å². The van der Waals surface area contributed by atoms with E-state index in [2.05, 4.69) is 17.1 Å². The highest BCUT2D eigenvalue weighted by Gasteiger charge is 2.36. The molecule has 3 nitrogen and oxygen atoms in total. The minimum Gasteiger partial charge on any atom is -0.340 e. The Kier molecular flexibility index (Phi) is 4.54. The van der Waals surface area contributed by atoms with Crippen LogP contribution in [0.3, 0.4) is 0 Å². The number of rotatable bonds is 4. The van der Waals surface area contributed by atoms with Crippen molar-refractivity contribution in [3.8, 4) is 0 Å². The third-order valence-electron chi connectivity index (χ3n) is 4.21. The third kappa shape index (κ3) is 4.20. The van der Waals surface area contributed by atoms with Gasteiger partial charge in [-0.25, -0.2) is 0 Å². The highest BCUT2D eigenvalue weighted by Crippen LogP contribution is 2.28. The van der Waals surface area contributed by atoms with E-state index in [1.165, 1.54) is 32.1 Å². The van der Waals surface area contributed by atoms with Crippen molar-refractivity contribution in [2.24, 2.45) is 11.3 Å². The molecule has 0 aromatic heterocycles. The summed E-state index contributed by atoms with van der Waals surface area (Å²) in [6.07, 6.45) is 6.36. The van der Waals surface area contributed by atoms with Gasteiger partial charge in [0, 0.05) is 30.6 Å². The van der Waals surface area contributed by atoms with Crippen molar-refractivity contribution in [3.63, 3.8) is 0 Å². The number of hydrogen-bond donors (Lipinski definition) is 1. The Labute approximate surface area is 118 Å². The SMILES string of the molecule is CCCC1CC(NC2CC2)CN(C(=O)C(C)(C)C)C1. The zero-order valence-electron chi connectivity index (χ0n) is 13.0. The van der Waals surface area contributed by atoms with Crippen molar-refractivity contribution < 1.29 is 4.79 Å². The summed E-state index contributed by atoms with van der Waals surface area (Å²) in [5.74, 6) is 0.997. The lowest BCUT2D eigenvalue weighted by molar-refractivity contribution is -0.142. The van der Waals surface area contributed by atoms with E-state index in [1.807, 2.05) is 20.8 Å². The predicted molar refractivity (Wildman–Crippen MR) is 79.0 cm³/mol. The molecule has 1 N–H and O–H groups in total. The molecule has 1 amide bonds. The summed E-state index contributed by atoms with van der Waals surface area (Å²) in [6.45, 7) is 10.2. The maximum absolute atomic E-state index is 12.5. The van der Waals surface area contributed by atoms with E-state index in [0.29, 0.717) is 17.9 Å². The molecule has 2 rings (SSSR count). The van der Waals surface area contributed by atoms with Gasteiger partial charge in [-0.2, -0.15) is 0 Å². The monoisotopic (exact) mass is 266 g/mol. The van der Waals surface area contributed by atoms with Gasteiger partial charge in [0.15, 0.2) is 0 Å². The maximum atomic E-state index is 12.5. The second-order valence-corrected chi connectivity index (χ2v) is 7.49. The van der Waals surface area contributed by atoms with Crippen LogP contribution in [-0.2, 0) is 4.79 Å². The standard InChI is InChI=1S/C16H30N2O/c1-5-6-12-9-14(17-13-7-8-13)11-18(10-12)15(19)16(2,3)4/h12-14,17H,5-11H2,1-4H3. The average Bonchev–Trinajstić information content (AvgIpc) is 3.11. The number of nitrogens with one attached hydrogen (secondary N) is 1. The van der Waals surface area contributed by atoms with Crippen molar-refractivity contribution in [3.05, 3.63) is 0 Å². The quantitative estimate of drug-likeness (QED) is 0.848. The van der Waals surface area contributed by atoms with Crippen LogP contribution in [0.4, 0.5) is 0 Å². The summed E-state index contributed by atoms with van der Waals surface area (Å²) in [5.41, 5.74) is -0.252. The van der Waals surface area contributed by atoms with Gasteiger partial charge in [-0.15, -0.1) is 0 Å². The zero-order chi connectivity index (χ0) is 14.0. The van der Waals surface area contributed by atoms with Gasteiger partial charge in [0.25, 0.3) is 0 Å². The third-order valence-corrected chi connectivity index (χ3v) is 4.21. The lowest BCUT2D eigenvalue weighted by atomic mass is 9.87. The molecule has 19 heavy (non-hydrogen) atoms. The molecule has 2 unspecified atom stereocenters. The smallest absolute Gasteiger partial charge is 0.228 e. The van der Waals surface area contributed by atoms with Crippen LogP contribution in [-0.4, -0.2) is 36.0 Å². The molecular weight excluding hydrogens is 236 g/mol. The van der Waals surface area contributed by atoms with Gasteiger partial charge in [-0.3, -0.25) is 4.79 Å². The van der Waals surface area contributed by atoms with E-state index in [1.54, 1.807) is 0 Å². The first-order valence-corrected chi connectivity index (χ1v) is 7.95. The van der Waals surface area contributed by atoms with Gasteiger partial charge in [0.2, 0.25) is 5.91 Å². The summed E-state index contributed by atoms with van der Waals surface area (Å²) in [5, 5.41) is 3.72. The Bertz CT molecular complexity index is 317. The molecule has 1 heterocycles. The van der Waals surface area contributed by atoms with E-state index in [9.17, 15) is 4.79 Å². The van der Waals surface area contributed by atoms with Crippen LogP contribution in [0.25, 0.3) is 0 Å². The first-order valence-electron chi connectivity index (χ1n) is 7.95. The normalized spacial score (nSPS) is 28.5. The summed E-state index contributed by atoms with van der Waals surface area (Å²) >= 11 is 0. The number of carbonyl (C=O) groups is 1. The van der Waals surface area contributed by atoms with Gasteiger partial charge < -0.3 is 10.2 Å². The van der Waals surface area contributed by atoms with Gasteiger partial charge >= 0.3 is 0 Å². The van der Waals surface area contributed by atoms with E-state index in [4.69, 9.17) is 0 Å². The Hall–Kier alpha value is -0.570. The lowest BCUT2D eigenvalue weighted by Crippen LogP contribution is -2.54. The first kappa shape index (κ1) is 14.8. The van der Waals surface area contributed by atoms with E-state index < -0.39 is 0 Å². The molecule has 0 spiro atoms. The Morgan fingerprint density at radius 2 is 1.89 bits per heavy atom. The highest BCUT2D eigenvalue weighted by atomic mass is 16.2. The van der Waals surface area contributed by atoms with Crippen LogP contribution in [0.2, 0.25) is 0 Å². The number of hydrogen-bond acceptors (Lipinski definition) is 2. The molecule has 0 bridgehead atoms. The Morgan fingerprint density at radius 3 is 2.42 bits per heavy atom. The number of carbonyl (C=O) groups excluding carboxylic acids is 1. The Morgan fingerprint density at radius 1 is 1.21 bits per heavy atom. The zero-order valence-corrected chi connectivity index (χ0v) is 13.0. The van der Waals surface area contributed by atoms with Crippen molar-refractivity contribution in [2.45, 2.75) is 71.9 Å². The topological polar surface area (TPSA) is 32.3 Å². The summed E-state index contributed by atoms with van der Waals surface area (Å²) in [4.78, 5) is 14.6. The molecule has 0 aromatic rings. The number of likely N-dealkylation sites (tertiary alicyclic amines) is 1. The molecule has 1 saturated carbocycles. The second-order valence-electron chi connectivity index (χ2n) is 7.49. The summed E-state index contributed by atoms with van der Waals surface area (Å²) < 4.78 is 0. The van der Waals surface area contributed by atoms with Crippen LogP contribution in [0.5, 0.6) is 0 Å². The highest BCUT2D eigenvalue weighted by molar-refractivity contribution is 5.81. The minimum atomic E-state index is -0.252.